The van der Waals surface area contributed by atoms with Crippen molar-refractivity contribution in [2.45, 2.75) is 13.0 Å². The Hall–Kier alpha value is -2.92. The van der Waals surface area contributed by atoms with Gasteiger partial charge in [0.05, 0.1) is 13.2 Å². The summed E-state index contributed by atoms with van der Waals surface area (Å²) in [5, 5.41) is 4.13. The first-order valence-electron chi connectivity index (χ1n) is 8.71. The van der Waals surface area contributed by atoms with Crippen LogP contribution in [0.3, 0.4) is 0 Å². The highest BCUT2D eigenvalue weighted by Crippen LogP contribution is 2.29. The number of ether oxygens (including phenoxy) is 1. The molecule has 0 aliphatic carbocycles. The lowest BCUT2D eigenvalue weighted by Crippen LogP contribution is -2.42. The normalized spacial score (nSPS) is 17.3. The van der Waals surface area contributed by atoms with Crippen LogP contribution in [0.15, 0.2) is 65.2 Å². The number of hydrogen-bond acceptors (Lipinski definition) is 4. The summed E-state index contributed by atoms with van der Waals surface area (Å²) in [5.74, 6) is 0.475. The van der Waals surface area contributed by atoms with E-state index in [0.29, 0.717) is 36.7 Å². The minimum atomic E-state index is -0.116. The second-order valence-electron chi connectivity index (χ2n) is 6.35. The van der Waals surface area contributed by atoms with E-state index < -0.39 is 0 Å². The summed E-state index contributed by atoms with van der Waals surface area (Å²) in [7, 11) is 0. The number of hydrogen-bond donors (Lipinski definition) is 0. The molecule has 1 aliphatic heterocycles. The Morgan fingerprint density at radius 1 is 1.08 bits per heavy atom. The first kappa shape index (κ1) is 16.5. The number of rotatable bonds is 3. The van der Waals surface area contributed by atoms with Gasteiger partial charge in [0.25, 0.3) is 5.91 Å². The maximum atomic E-state index is 13.2. The summed E-state index contributed by atoms with van der Waals surface area (Å²) in [4.78, 5) is 15.0. The third kappa shape index (κ3) is 3.13. The number of nitrogens with zero attached hydrogens (tertiary/aromatic N) is 2. The minimum Gasteiger partial charge on any atom is -0.370 e. The van der Waals surface area contributed by atoms with Crippen molar-refractivity contribution in [3.05, 3.63) is 77.6 Å². The SMILES string of the molecule is Cc1onc(-c2ccccc2)c1C(=O)N1CCO[C@@H](c2ccccc2)C1. The molecule has 2 heterocycles. The van der Waals surface area contributed by atoms with Crippen LogP contribution in [0, 0.1) is 6.92 Å². The Bertz CT molecular complexity index is 890. The quantitative estimate of drug-likeness (QED) is 0.721. The van der Waals surface area contributed by atoms with Crippen molar-refractivity contribution in [3.8, 4) is 11.3 Å². The number of morpholine rings is 1. The van der Waals surface area contributed by atoms with Crippen molar-refractivity contribution in [2.24, 2.45) is 0 Å². The molecule has 26 heavy (non-hydrogen) atoms. The Morgan fingerprint density at radius 2 is 1.77 bits per heavy atom. The average molecular weight is 348 g/mol. The first-order valence-corrected chi connectivity index (χ1v) is 8.71. The number of amides is 1. The molecule has 4 rings (SSSR count). The fourth-order valence-corrected chi connectivity index (χ4v) is 3.28. The van der Waals surface area contributed by atoms with Gasteiger partial charge in [-0.1, -0.05) is 65.8 Å². The zero-order chi connectivity index (χ0) is 17.9. The maximum absolute atomic E-state index is 13.2. The number of benzene rings is 2. The van der Waals surface area contributed by atoms with Crippen LogP contribution in [-0.2, 0) is 4.74 Å². The average Bonchev–Trinajstić information content (AvgIpc) is 3.10. The third-order valence-electron chi connectivity index (χ3n) is 4.65. The molecule has 0 radical (unpaired) electrons. The van der Waals surface area contributed by atoms with Crippen molar-refractivity contribution in [1.29, 1.82) is 0 Å². The lowest BCUT2D eigenvalue weighted by Gasteiger charge is -2.33. The van der Waals surface area contributed by atoms with Crippen LogP contribution in [0.4, 0.5) is 0 Å². The molecule has 1 amide bonds. The summed E-state index contributed by atoms with van der Waals surface area (Å²) >= 11 is 0. The standard InChI is InChI=1S/C21H20N2O3/c1-15-19(20(22-26-15)17-10-6-3-7-11-17)21(24)23-12-13-25-18(14-23)16-8-4-2-5-9-16/h2-11,18H,12-14H2,1H3/t18-/m1/s1. The van der Waals surface area contributed by atoms with Crippen molar-refractivity contribution in [2.75, 3.05) is 19.7 Å². The van der Waals surface area contributed by atoms with E-state index in [2.05, 4.69) is 5.16 Å². The molecule has 5 nitrogen and oxygen atoms in total. The molecule has 0 saturated carbocycles. The van der Waals surface area contributed by atoms with Gasteiger partial charge < -0.3 is 14.2 Å². The molecule has 3 aromatic rings. The van der Waals surface area contributed by atoms with Crippen LogP contribution in [0.2, 0.25) is 0 Å². The predicted molar refractivity (Wildman–Crippen MR) is 97.7 cm³/mol. The highest BCUT2D eigenvalue weighted by molar-refractivity contribution is 6.00. The Morgan fingerprint density at radius 3 is 2.50 bits per heavy atom. The van der Waals surface area contributed by atoms with Gasteiger partial charge in [0.2, 0.25) is 0 Å². The molecule has 1 aromatic heterocycles. The zero-order valence-electron chi connectivity index (χ0n) is 14.6. The molecule has 1 atom stereocenters. The second-order valence-corrected chi connectivity index (χ2v) is 6.35. The molecular formula is C21H20N2O3. The van der Waals surface area contributed by atoms with E-state index in [1.807, 2.05) is 65.6 Å². The molecule has 0 spiro atoms. The number of aromatic nitrogens is 1. The van der Waals surface area contributed by atoms with E-state index in [1.165, 1.54) is 0 Å². The molecule has 1 fully saturated rings. The van der Waals surface area contributed by atoms with Crippen molar-refractivity contribution in [1.82, 2.24) is 10.1 Å². The van der Waals surface area contributed by atoms with Crippen molar-refractivity contribution >= 4 is 5.91 Å². The van der Waals surface area contributed by atoms with E-state index in [4.69, 9.17) is 9.26 Å². The number of carbonyl (C=O) groups excluding carboxylic acids is 1. The zero-order valence-corrected chi connectivity index (χ0v) is 14.6. The van der Waals surface area contributed by atoms with Crippen LogP contribution >= 0.6 is 0 Å². The van der Waals surface area contributed by atoms with Crippen LogP contribution in [-0.4, -0.2) is 35.7 Å². The van der Waals surface area contributed by atoms with Crippen LogP contribution in [0.1, 0.15) is 27.8 Å². The van der Waals surface area contributed by atoms with E-state index in [0.717, 1.165) is 11.1 Å². The summed E-state index contributed by atoms with van der Waals surface area (Å²) in [6, 6.07) is 19.6. The lowest BCUT2D eigenvalue weighted by molar-refractivity contribution is -0.0228. The van der Waals surface area contributed by atoms with Gasteiger partial charge in [-0.15, -0.1) is 0 Å². The maximum Gasteiger partial charge on any atom is 0.259 e. The molecule has 1 saturated heterocycles. The van der Waals surface area contributed by atoms with Gasteiger partial charge in [-0.3, -0.25) is 4.79 Å². The fourth-order valence-electron chi connectivity index (χ4n) is 3.28. The molecular weight excluding hydrogens is 328 g/mol. The summed E-state index contributed by atoms with van der Waals surface area (Å²) < 4.78 is 11.2. The Kier molecular flexibility index (Phi) is 4.54. The summed E-state index contributed by atoms with van der Waals surface area (Å²) in [6.45, 7) is 3.36. The highest BCUT2D eigenvalue weighted by Gasteiger charge is 2.30. The topological polar surface area (TPSA) is 55.6 Å². The highest BCUT2D eigenvalue weighted by atomic mass is 16.5. The van der Waals surface area contributed by atoms with Crippen molar-refractivity contribution < 1.29 is 14.1 Å². The number of aryl methyl sites for hydroxylation is 1. The van der Waals surface area contributed by atoms with Gasteiger partial charge in [0.1, 0.15) is 23.1 Å². The number of carbonyl (C=O) groups is 1. The fraction of sp³-hybridized carbons (Fsp3) is 0.238. The molecule has 2 aromatic carbocycles. The molecule has 0 N–H and O–H groups in total. The van der Waals surface area contributed by atoms with E-state index in [-0.39, 0.29) is 12.0 Å². The Balaban J connectivity index is 1.61. The largest absolute Gasteiger partial charge is 0.370 e. The van der Waals surface area contributed by atoms with Crippen LogP contribution in [0.5, 0.6) is 0 Å². The minimum absolute atomic E-state index is 0.0631. The van der Waals surface area contributed by atoms with Gasteiger partial charge >= 0.3 is 0 Å². The van der Waals surface area contributed by atoms with Gasteiger partial charge in [0, 0.05) is 12.1 Å². The van der Waals surface area contributed by atoms with E-state index in [1.54, 1.807) is 6.92 Å². The third-order valence-corrected chi connectivity index (χ3v) is 4.65. The van der Waals surface area contributed by atoms with Gasteiger partial charge in [0.15, 0.2) is 0 Å². The summed E-state index contributed by atoms with van der Waals surface area (Å²) in [6.07, 6.45) is -0.116. The van der Waals surface area contributed by atoms with Gasteiger partial charge in [-0.2, -0.15) is 0 Å². The van der Waals surface area contributed by atoms with E-state index >= 15 is 0 Å². The van der Waals surface area contributed by atoms with Crippen molar-refractivity contribution in [3.63, 3.8) is 0 Å². The molecule has 0 bridgehead atoms. The van der Waals surface area contributed by atoms with Crippen LogP contribution < -0.4 is 0 Å². The predicted octanol–water partition coefficient (Wildman–Crippen LogP) is 3.86. The van der Waals surface area contributed by atoms with Gasteiger partial charge in [-0.25, -0.2) is 0 Å². The van der Waals surface area contributed by atoms with E-state index in [9.17, 15) is 4.79 Å². The molecule has 5 heteroatoms. The Labute approximate surface area is 152 Å². The molecule has 132 valence electrons. The smallest absolute Gasteiger partial charge is 0.259 e. The lowest BCUT2D eigenvalue weighted by atomic mass is 10.0. The molecule has 0 unspecified atom stereocenters. The molecule has 1 aliphatic rings. The first-order chi connectivity index (χ1) is 12.7. The van der Waals surface area contributed by atoms with Crippen LogP contribution in [0.25, 0.3) is 11.3 Å². The summed E-state index contributed by atoms with van der Waals surface area (Å²) in [5.41, 5.74) is 3.08. The van der Waals surface area contributed by atoms with Gasteiger partial charge in [-0.05, 0) is 12.5 Å². The second kappa shape index (κ2) is 7.14. The monoisotopic (exact) mass is 348 g/mol.